The summed E-state index contributed by atoms with van der Waals surface area (Å²) in [5, 5.41) is 9.32. The molecular formula is C15H23NO4S. The van der Waals surface area contributed by atoms with Gasteiger partial charge in [0.25, 0.3) is 0 Å². The lowest BCUT2D eigenvalue weighted by atomic mass is 10.1. The van der Waals surface area contributed by atoms with Gasteiger partial charge in [-0.1, -0.05) is 6.07 Å². The fourth-order valence-corrected chi connectivity index (χ4v) is 4.42. The van der Waals surface area contributed by atoms with Crippen molar-refractivity contribution in [2.45, 2.75) is 50.9 Å². The number of ether oxygens (including phenoxy) is 1. The molecule has 1 heterocycles. The lowest BCUT2D eigenvalue weighted by Gasteiger charge is -2.40. The van der Waals surface area contributed by atoms with Gasteiger partial charge in [-0.05, 0) is 51.0 Å². The molecule has 2 rings (SSSR count). The van der Waals surface area contributed by atoms with Crippen molar-refractivity contribution in [1.82, 2.24) is 4.31 Å². The number of aliphatic hydroxyl groups is 1. The molecule has 21 heavy (non-hydrogen) atoms. The molecule has 1 atom stereocenters. The highest BCUT2D eigenvalue weighted by Gasteiger charge is 2.37. The van der Waals surface area contributed by atoms with Crippen LogP contribution in [-0.2, 0) is 21.4 Å². The molecule has 0 bridgehead atoms. The average Bonchev–Trinajstić information content (AvgIpc) is 2.36. The Balaban J connectivity index is 2.37. The number of sulfonamides is 1. The second-order valence-electron chi connectivity index (χ2n) is 6.23. The fraction of sp³-hybridized carbons (Fsp3) is 0.600. The van der Waals surface area contributed by atoms with Gasteiger partial charge in [0.1, 0.15) is 0 Å². The van der Waals surface area contributed by atoms with Crippen molar-refractivity contribution >= 4 is 10.0 Å². The minimum atomic E-state index is -3.57. The lowest BCUT2D eigenvalue weighted by molar-refractivity contribution is -0.109. The van der Waals surface area contributed by atoms with Crippen LogP contribution in [0.3, 0.4) is 0 Å². The highest BCUT2D eigenvalue weighted by molar-refractivity contribution is 7.89. The molecule has 1 N–H and O–H groups in total. The summed E-state index contributed by atoms with van der Waals surface area (Å²) in [6.45, 7) is 7.99. The molecule has 1 aliphatic rings. The zero-order chi connectivity index (χ0) is 15.8. The Bertz CT molecular complexity index is 625. The molecule has 1 aromatic rings. The first kappa shape index (κ1) is 16.4. The summed E-state index contributed by atoms with van der Waals surface area (Å²) in [7, 11) is -3.57. The summed E-state index contributed by atoms with van der Waals surface area (Å²) in [5.74, 6) is 0. The van der Waals surface area contributed by atoms with Gasteiger partial charge in [-0.15, -0.1) is 0 Å². The van der Waals surface area contributed by atoms with Crippen molar-refractivity contribution in [1.29, 1.82) is 0 Å². The molecule has 1 fully saturated rings. The molecule has 118 valence electrons. The number of rotatable bonds is 3. The molecule has 1 unspecified atom stereocenters. The van der Waals surface area contributed by atoms with E-state index in [4.69, 9.17) is 4.74 Å². The summed E-state index contributed by atoms with van der Waals surface area (Å²) in [6.07, 6.45) is -0.147. The van der Waals surface area contributed by atoms with Crippen LogP contribution in [0.15, 0.2) is 23.1 Å². The Hall–Kier alpha value is -0.950. The molecule has 1 aromatic carbocycles. The van der Waals surface area contributed by atoms with Crippen molar-refractivity contribution in [3.05, 3.63) is 29.3 Å². The zero-order valence-corrected chi connectivity index (χ0v) is 13.8. The molecule has 5 nitrogen and oxygen atoms in total. The maximum absolute atomic E-state index is 12.8. The molecule has 0 aromatic heterocycles. The first-order valence-electron chi connectivity index (χ1n) is 7.04. The second-order valence-corrected chi connectivity index (χ2v) is 8.17. The quantitative estimate of drug-likeness (QED) is 0.922. The van der Waals surface area contributed by atoms with Crippen LogP contribution in [-0.4, -0.2) is 42.6 Å². The van der Waals surface area contributed by atoms with Crippen LogP contribution < -0.4 is 0 Å². The minimum absolute atomic E-state index is 0.147. The normalized spacial score (nSPS) is 23.2. The van der Waals surface area contributed by atoms with Crippen LogP contribution in [0.1, 0.15) is 31.9 Å². The third kappa shape index (κ3) is 3.45. The molecule has 0 saturated carbocycles. The largest absolute Gasteiger partial charge is 0.392 e. The van der Waals surface area contributed by atoms with Gasteiger partial charge in [0, 0.05) is 13.1 Å². The predicted molar refractivity (Wildman–Crippen MR) is 80.5 cm³/mol. The van der Waals surface area contributed by atoms with E-state index in [1.54, 1.807) is 18.2 Å². The van der Waals surface area contributed by atoms with Crippen LogP contribution in [0.2, 0.25) is 0 Å². The Morgan fingerprint density at radius 2 is 2.10 bits per heavy atom. The van der Waals surface area contributed by atoms with Gasteiger partial charge < -0.3 is 9.84 Å². The summed E-state index contributed by atoms with van der Waals surface area (Å²) in [5.41, 5.74) is 1.01. The van der Waals surface area contributed by atoms with Gasteiger partial charge in [-0.25, -0.2) is 8.42 Å². The molecule has 1 saturated heterocycles. The second kappa shape index (κ2) is 5.68. The number of aryl methyl sites for hydroxylation is 1. The number of nitrogens with zero attached hydrogens (tertiary/aromatic N) is 1. The molecule has 1 aliphatic heterocycles. The van der Waals surface area contributed by atoms with E-state index in [2.05, 4.69) is 0 Å². The third-order valence-corrected chi connectivity index (χ3v) is 5.47. The van der Waals surface area contributed by atoms with Gasteiger partial charge >= 0.3 is 0 Å². The molecule has 0 radical (unpaired) electrons. The predicted octanol–water partition coefficient (Wildman–Crippen LogP) is 1.68. The maximum atomic E-state index is 12.8. The Kier molecular flexibility index (Phi) is 4.44. The number of hydrogen-bond acceptors (Lipinski definition) is 4. The van der Waals surface area contributed by atoms with Crippen molar-refractivity contribution < 1.29 is 18.3 Å². The van der Waals surface area contributed by atoms with Gasteiger partial charge in [-0.3, -0.25) is 0 Å². The van der Waals surface area contributed by atoms with E-state index in [0.29, 0.717) is 18.7 Å². The van der Waals surface area contributed by atoms with E-state index in [9.17, 15) is 13.5 Å². The van der Waals surface area contributed by atoms with E-state index in [1.165, 1.54) is 4.31 Å². The number of benzene rings is 1. The Labute approximate surface area is 126 Å². The standard InChI is InChI=1S/C15H23NO4S/c1-11-5-6-14(7-13(11)9-17)21(18,19)16-8-12(2)20-15(3,4)10-16/h5-7,12,17H,8-10H2,1-4H3. The summed E-state index contributed by atoms with van der Waals surface area (Å²) >= 11 is 0. The van der Waals surface area contributed by atoms with Crippen LogP contribution in [0.5, 0.6) is 0 Å². The molecule has 0 spiro atoms. The maximum Gasteiger partial charge on any atom is 0.243 e. The van der Waals surface area contributed by atoms with E-state index in [0.717, 1.165) is 5.56 Å². The molecule has 6 heteroatoms. The van der Waals surface area contributed by atoms with Crippen molar-refractivity contribution in [3.8, 4) is 0 Å². The smallest absolute Gasteiger partial charge is 0.243 e. The van der Waals surface area contributed by atoms with Crippen LogP contribution in [0.25, 0.3) is 0 Å². The summed E-state index contributed by atoms with van der Waals surface area (Å²) < 4.78 is 32.8. The SMILES string of the molecule is Cc1ccc(S(=O)(=O)N2CC(C)OC(C)(C)C2)cc1CO. The van der Waals surface area contributed by atoms with E-state index in [-0.39, 0.29) is 17.6 Å². The molecule has 0 amide bonds. The van der Waals surface area contributed by atoms with Gasteiger partial charge in [0.2, 0.25) is 10.0 Å². The van der Waals surface area contributed by atoms with Crippen LogP contribution in [0, 0.1) is 6.92 Å². The van der Waals surface area contributed by atoms with Crippen molar-refractivity contribution in [2.24, 2.45) is 0 Å². The fourth-order valence-electron chi connectivity index (χ4n) is 2.71. The van der Waals surface area contributed by atoms with E-state index in [1.807, 2.05) is 27.7 Å². The first-order valence-corrected chi connectivity index (χ1v) is 8.48. The molecule has 0 aliphatic carbocycles. The van der Waals surface area contributed by atoms with Gasteiger partial charge in [0.15, 0.2) is 0 Å². The zero-order valence-electron chi connectivity index (χ0n) is 13.0. The third-order valence-electron chi connectivity index (χ3n) is 3.67. The van der Waals surface area contributed by atoms with E-state index < -0.39 is 15.6 Å². The topological polar surface area (TPSA) is 66.8 Å². The van der Waals surface area contributed by atoms with Crippen LogP contribution in [0.4, 0.5) is 0 Å². The minimum Gasteiger partial charge on any atom is -0.392 e. The van der Waals surface area contributed by atoms with Crippen molar-refractivity contribution in [2.75, 3.05) is 13.1 Å². The van der Waals surface area contributed by atoms with Gasteiger partial charge in [-0.2, -0.15) is 4.31 Å². The summed E-state index contributed by atoms with van der Waals surface area (Å²) in [6, 6.07) is 4.88. The number of morpholine rings is 1. The highest BCUT2D eigenvalue weighted by atomic mass is 32.2. The Morgan fingerprint density at radius 3 is 2.67 bits per heavy atom. The highest BCUT2D eigenvalue weighted by Crippen LogP contribution is 2.27. The summed E-state index contributed by atoms with van der Waals surface area (Å²) in [4.78, 5) is 0.224. The Morgan fingerprint density at radius 1 is 1.43 bits per heavy atom. The van der Waals surface area contributed by atoms with Crippen molar-refractivity contribution in [3.63, 3.8) is 0 Å². The first-order chi connectivity index (χ1) is 9.65. The number of hydrogen-bond donors (Lipinski definition) is 1. The van der Waals surface area contributed by atoms with E-state index >= 15 is 0 Å². The molecular weight excluding hydrogens is 290 g/mol. The lowest BCUT2D eigenvalue weighted by Crippen LogP contribution is -2.53. The monoisotopic (exact) mass is 313 g/mol. The van der Waals surface area contributed by atoms with Gasteiger partial charge in [0.05, 0.1) is 23.2 Å². The number of aliphatic hydroxyl groups excluding tert-OH is 1. The average molecular weight is 313 g/mol. The van der Waals surface area contributed by atoms with Crippen LogP contribution >= 0.6 is 0 Å².